The maximum Gasteiger partial charge on any atom is 0.326 e. The van der Waals surface area contributed by atoms with Crippen LogP contribution in [0.2, 0.25) is 0 Å². The summed E-state index contributed by atoms with van der Waals surface area (Å²) in [7, 11) is 0. The highest BCUT2D eigenvalue weighted by atomic mass is 16.4. The highest BCUT2D eigenvalue weighted by Gasteiger charge is 2.56. The van der Waals surface area contributed by atoms with Crippen LogP contribution in [0.5, 0.6) is 5.75 Å². The van der Waals surface area contributed by atoms with Gasteiger partial charge < -0.3 is 15.2 Å². The molecule has 25 heavy (non-hydrogen) atoms. The zero-order valence-corrected chi connectivity index (χ0v) is 14.8. The molecule has 2 amide bonds. The molecule has 0 aliphatic carbocycles. The average Bonchev–Trinajstić information content (AvgIpc) is 2.87. The van der Waals surface area contributed by atoms with Crippen molar-refractivity contribution in [1.29, 1.82) is 0 Å². The molecule has 0 bridgehead atoms. The lowest BCUT2D eigenvalue weighted by Crippen LogP contribution is -2.79. The number of nitrogens with one attached hydrogen (secondary N) is 1. The largest absolute Gasteiger partial charge is 0.508 e. The number of carbonyl (C=O) groups is 2. The van der Waals surface area contributed by atoms with Crippen molar-refractivity contribution >= 4 is 22.9 Å². The van der Waals surface area contributed by atoms with Crippen LogP contribution < -0.4 is 0 Å². The summed E-state index contributed by atoms with van der Waals surface area (Å²) in [6.07, 6.45) is 1.90. The molecule has 0 spiro atoms. The molecule has 1 aliphatic rings. The molecule has 7 heteroatoms. The molecular formula is C18H23N3O4. The summed E-state index contributed by atoms with van der Waals surface area (Å²) in [5, 5.41) is 20.2. The lowest BCUT2D eigenvalue weighted by Gasteiger charge is -2.60. The summed E-state index contributed by atoms with van der Waals surface area (Å²) in [5.41, 5.74) is 0.905. The number of aliphatic carboxylic acids is 1. The first-order valence-electron chi connectivity index (χ1n) is 8.29. The molecule has 3 rings (SSSR count). The molecule has 1 fully saturated rings. The van der Waals surface area contributed by atoms with Crippen molar-refractivity contribution in [2.45, 2.75) is 51.9 Å². The van der Waals surface area contributed by atoms with E-state index in [1.165, 1.54) is 4.90 Å². The minimum absolute atomic E-state index is 0.00164. The summed E-state index contributed by atoms with van der Waals surface area (Å²) in [6.45, 7) is 7.53. The van der Waals surface area contributed by atoms with E-state index in [0.717, 1.165) is 16.5 Å². The maximum absolute atomic E-state index is 12.6. The lowest BCUT2D eigenvalue weighted by atomic mass is 9.95. The number of hydrogen-bond donors (Lipinski definition) is 3. The Balaban J connectivity index is 1.94. The van der Waals surface area contributed by atoms with Crippen LogP contribution in [0, 0.1) is 0 Å². The highest BCUT2D eigenvalue weighted by Crippen LogP contribution is 2.38. The molecule has 0 saturated carbocycles. The number of aromatic hydroxyl groups is 1. The van der Waals surface area contributed by atoms with Crippen LogP contribution in [0.25, 0.3) is 10.9 Å². The molecule has 1 atom stereocenters. The average molecular weight is 345 g/mol. The van der Waals surface area contributed by atoms with Crippen molar-refractivity contribution in [1.82, 2.24) is 14.8 Å². The number of hydrogen-bond acceptors (Lipinski definition) is 3. The topological polar surface area (TPSA) is 96.9 Å². The van der Waals surface area contributed by atoms with E-state index in [4.69, 9.17) is 0 Å². The fourth-order valence-electron chi connectivity index (χ4n) is 3.86. The molecule has 1 aromatic heterocycles. The van der Waals surface area contributed by atoms with Crippen molar-refractivity contribution in [2.24, 2.45) is 0 Å². The van der Waals surface area contributed by atoms with Crippen molar-refractivity contribution in [3.05, 3.63) is 30.0 Å². The van der Waals surface area contributed by atoms with Gasteiger partial charge >= 0.3 is 12.0 Å². The summed E-state index contributed by atoms with van der Waals surface area (Å²) in [5.74, 6) is -0.925. The van der Waals surface area contributed by atoms with Gasteiger partial charge in [-0.05, 0) is 51.5 Å². The molecule has 2 aromatic rings. The van der Waals surface area contributed by atoms with Crippen molar-refractivity contribution in [3.8, 4) is 5.75 Å². The Morgan fingerprint density at radius 1 is 1.28 bits per heavy atom. The molecule has 1 aliphatic heterocycles. The number of carbonyl (C=O) groups excluding carboxylic acids is 1. The van der Waals surface area contributed by atoms with Gasteiger partial charge in [0.1, 0.15) is 17.5 Å². The van der Waals surface area contributed by atoms with Gasteiger partial charge in [0, 0.05) is 29.6 Å². The number of aromatic amines is 1. The number of amides is 2. The quantitative estimate of drug-likeness (QED) is 0.776. The van der Waals surface area contributed by atoms with Crippen molar-refractivity contribution < 1.29 is 19.8 Å². The van der Waals surface area contributed by atoms with Crippen molar-refractivity contribution in [3.63, 3.8) is 0 Å². The van der Waals surface area contributed by atoms with Crippen LogP contribution in [0.4, 0.5) is 4.79 Å². The zero-order chi connectivity index (χ0) is 18.5. The van der Waals surface area contributed by atoms with Gasteiger partial charge in [-0.1, -0.05) is 0 Å². The second-order valence-corrected chi connectivity index (χ2v) is 7.21. The van der Waals surface area contributed by atoms with Crippen LogP contribution in [0.1, 0.15) is 33.3 Å². The predicted molar refractivity (Wildman–Crippen MR) is 93.4 cm³/mol. The molecular weight excluding hydrogens is 322 g/mol. The molecule has 3 N–H and O–H groups in total. The predicted octanol–water partition coefficient (Wildman–Crippen LogP) is 2.75. The van der Waals surface area contributed by atoms with E-state index < -0.39 is 17.7 Å². The van der Waals surface area contributed by atoms with Crippen LogP contribution >= 0.6 is 0 Å². The first-order chi connectivity index (χ1) is 11.6. The number of fused-ring (bicyclic) bond motifs is 1. The Labute approximate surface area is 145 Å². The second kappa shape index (κ2) is 5.68. The molecule has 1 aromatic carbocycles. The monoisotopic (exact) mass is 345 g/mol. The lowest BCUT2D eigenvalue weighted by molar-refractivity contribution is -0.158. The highest BCUT2D eigenvalue weighted by molar-refractivity contribution is 5.90. The number of phenolic OH excluding ortho intramolecular Hbond substituents is 1. The second-order valence-electron chi connectivity index (χ2n) is 7.21. The van der Waals surface area contributed by atoms with E-state index >= 15 is 0 Å². The minimum atomic E-state index is -1.04. The number of nitrogens with zero attached hydrogens (tertiary/aromatic N) is 2. The molecule has 0 radical (unpaired) electrons. The SMILES string of the molecule is CC(C)N1C(=O)N([C@@H](Cc2c[nH]c3ccc(O)cc23)C(=O)O)C1(C)C. The number of rotatable bonds is 5. The Hall–Kier alpha value is -2.70. The molecule has 0 unspecified atom stereocenters. The zero-order valence-electron chi connectivity index (χ0n) is 14.8. The Morgan fingerprint density at radius 2 is 1.96 bits per heavy atom. The number of carboxylic acids is 1. The number of H-pyrrole nitrogens is 1. The van der Waals surface area contributed by atoms with Crippen LogP contribution in [-0.2, 0) is 11.2 Å². The van der Waals surface area contributed by atoms with Gasteiger partial charge in [-0.2, -0.15) is 0 Å². The third-order valence-electron chi connectivity index (χ3n) is 4.87. The van der Waals surface area contributed by atoms with Gasteiger partial charge in [0.25, 0.3) is 0 Å². The first-order valence-corrected chi connectivity index (χ1v) is 8.29. The van der Waals surface area contributed by atoms with Gasteiger partial charge in [-0.25, -0.2) is 9.59 Å². The van der Waals surface area contributed by atoms with Crippen LogP contribution in [-0.4, -0.2) is 54.7 Å². The summed E-state index contributed by atoms with van der Waals surface area (Å²) in [6, 6.07) is 3.67. The van der Waals surface area contributed by atoms with Gasteiger partial charge in [-0.15, -0.1) is 0 Å². The summed E-state index contributed by atoms with van der Waals surface area (Å²) in [4.78, 5) is 30.6. The van der Waals surface area contributed by atoms with E-state index in [1.807, 2.05) is 27.7 Å². The standard InChI is InChI=1S/C18H23N3O4/c1-10(2)20-17(25)21(18(20,3)4)15(16(23)24)7-11-9-19-14-6-5-12(22)8-13(11)14/h5-6,8-10,15,19,22H,7H2,1-4H3,(H,23,24)/t15-/m0/s1. The minimum Gasteiger partial charge on any atom is -0.508 e. The first kappa shape index (κ1) is 17.1. The van der Waals surface area contributed by atoms with Crippen LogP contribution in [0.15, 0.2) is 24.4 Å². The Bertz CT molecular complexity index is 840. The smallest absolute Gasteiger partial charge is 0.326 e. The number of benzene rings is 1. The fourth-order valence-corrected chi connectivity index (χ4v) is 3.86. The normalized spacial score (nSPS) is 17.9. The number of carboxylic acid groups (broad SMARTS) is 1. The Morgan fingerprint density at radius 3 is 2.52 bits per heavy atom. The van der Waals surface area contributed by atoms with Crippen LogP contribution in [0.3, 0.4) is 0 Å². The van der Waals surface area contributed by atoms with E-state index in [-0.39, 0.29) is 24.2 Å². The third kappa shape index (κ3) is 2.59. The van der Waals surface area contributed by atoms with Gasteiger partial charge in [-0.3, -0.25) is 9.80 Å². The molecule has 2 heterocycles. The van der Waals surface area contributed by atoms with E-state index in [0.29, 0.717) is 0 Å². The summed E-state index contributed by atoms with van der Waals surface area (Å²) < 4.78 is 0. The third-order valence-corrected chi connectivity index (χ3v) is 4.87. The van der Waals surface area contributed by atoms with E-state index in [1.54, 1.807) is 29.3 Å². The van der Waals surface area contributed by atoms with Gasteiger partial charge in [0.05, 0.1) is 0 Å². The molecule has 134 valence electrons. The van der Waals surface area contributed by atoms with Crippen molar-refractivity contribution in [2.75, 3.05) is 0 Å². The molecule has 7 nitrogen and oxygen atoms in total. The van der Waals surface area contributed by atoms with Gasteiger partial charge in [0.2, 0.25) is 0 Å². The molecule has 1 saturated heterocycles. The number of urea groups is 1. The summed E-state index contributed by atoms with van der Waals surface area (Å²) >= 11 is 0. The fraction of sp³-hybridized carbons (Fsp3) is 0.444. The Kier molecular flexibility index (Phi) is 3.89. The van der Waals surface area contributed by atoms with E-state index in [2.05, 4.69) is 4.98 Å². The number of phenols is 1. The van der Waals surface area contributed by atoms with Gasteiger partial charge in [0.15, 0.2) is 0 Å². The van der Waals surface area contributed by atoms with E-state index in [9.17, 15) is 19.8 Å². The maximum atomic E-state index is 12.6. The number of aromatic nitrogens is 1.